The molecule has 0 fully saturated rings. The lowest BCUT2D eigenvalue weighted by molar-refractivity contribution is -0.384. The molecule has 136 valence electrons. The highest BCUT2D eigenvalue weighted by Gasteiger charge is 2.19. The maximum Gasteiger partial charge on any atom is 0.338 e. The first-order valence-corrected chi connectivity index (χ1v) is 8.51. The van der Waals surface area contributed by atoms with Crippen molar-refractivity contribution >= 4 is 29.0 Å². The van der Waals surface area contributed by atoms with Gasteiger partial charge in [0.15, 0.2) is 6.61 Å². The van der Waals surface area contributed by atoms with Gasteiger partial charge in [0.25, 0.3) is 5.69 Å². The van der Waals surface area contributed by atoms with Crippen LogP contribution in [-0.2, 0) is 17.6 Å². The highest BCUT2D eigenvalue weighted by molar-refractivity contribution is 6.32. The van der Waals surface area contributed by atoms with Crippen LogP contribution in [0.1, 0.15) is 45.7 Å². The van der Waals surface area contributed by atoms with Gasteiger partial charge in [0.05, 0.1) is 10.5 Å². The first-order valence-electron chi connectivity index (χ1n) is 8.13. The molecule has 6 nitrogen and oxygen atoms in total. The number of esters is 1. The smallest absolute Gasteiger partial charge is 0.338 e. The third-order valence-electron chi connectivity index (χ3n) is 3.98. The number of aryl methyl sites for hydroxylation is 2. The second kappa shape index (κ2) is 8.58. The summed E-state index contributed by atoms with van der Waals surface area (Å²) in [6.45, 7) is 3.49. The Bertz CT molecular complexity index is 863. The van der Waals surface area contributed by atoms with Crippen LogP contribution in [0.15, 0.2) is 36.4 Å². The first-order chi connectivity index (χ1) is 12.4. The van der Waals surface area contributed by atoms with Crippen LogP contribution in [0.3, 0.4) is 0 Å². The number of nitro groups is 1. The summed E-state index contributed by atoms with van der Waals surface area (Å²) in [6.07, 6.45) is 1.47. The van der Waals surface area contributed by atoms with Crippen LogP contribution in [0.4, 0.5) is 5.69 Å². The number of ether oxygens (including phenoxy) is 1. The van der Waals surface area contributed by atoms with E-state index < -0.39 is 23.2 Å². The van der Waals surface area contributed by atoms with Crippen molar-refractivity contribution < 1.29 is 19.2 Å². The number of benzene rings is 2. The summed E-state index contributed by atoms with van der Waals surface area (Å²) in [4.78, 5) is 34.8. The summed E-state index contributed by atoms with van der Waals surface area (Å²) < 4.78 is 5.04. The van der Waals surface area contributed by atoms with Crippen molar-refractivity contribution in [2.24, 2.45) is 0 Å². The normalized spacial score (nSPS) is 10.4. The van der Waals surface area contributed by atoms with Gasteiger partial charge in [-0.3, -0.25) is 14.9 Å². The molecule has 0 aliphatic carbocycles. The number of rotatable bonds is 7. The van der Waals surface area contributed by atoms with Gasteiger partial charge < -0.3 is 4.74 Å². The fourth-order valence-corrected chi connectivity index (χ4v) is 2.67. The minimum Gasteiger partial charge on any atom is -0.454 e. The fourth-order valence-electron chi connectivity index (χ4n) is 2.48. The van der Waals surface area contributed by atoms with Crippen LogP contribution >= 0.6 is 11.6 Å². The van der Waals surface area contributed by atoms with Gasteiger partial charge in [0.1, 0.15) is 5.02 Å². The monoisotopic (exact) mass is 375 g/mol. The van der Waals surface area contributed by atoms with E-state index in [9.17, 15) is 19.7 Å². The van der Waals surface area contributed by atoms with Gasteiger partial charge >= 0.3 is 5.97 Å². The lowest BCUT2D eigenvalue weighted by Crippen LogP contribution is -2.16. The average Bonchev–Trinajstić information content (AvgIpc) is 2.65. The van der Waals surface area contributed by atoms with Gasteiger partial charge in [-0.25, -0.2) is 4.79 Å². The molecule has 0 aromatic heterocycles. The van der Waals surface area contributed by atoms with Gasteiger partial charge in [-0.15, -0.1) is 0 Å². The summed E-state index contributed by atoms with van der Waals surface area (Å²) in [5, 5.41) is 10.8. The summed E-state index contributed by atoms with van der Waals surface area (Å²) >= 11 is 5.72. The Morgan fingerprint density at radius 2 is 1.85 bits per heavy atom. The zero-order chi connectivity index (χ0) is 19.3. The maximum absolute atomic E-state index is 12.5. The Labute approximate surface area is 155 Å². The van der Waals surface area contributed by atoms with Crippen molar-refractivity contribution in [1.82, 2.24) is 0 Å². The molecule has 0 aliphatic rings. The van der Waals surface area contributed by atoms with Gasteiger partial charge in [0, 0.05) is 11.6 Å². The Balaban J connectivity index is 2.14. The number of ketones is 1. The summed E-state index contributed by atoms with van der Waals surface area (Å²) in [5.74, 6) is -1.13. The number of hydrogen-bond donors (Lipinski definition) is 0. The molecule has 0 radical (unpaired) electrons. The second-order valence-electron chi connectivity index (χ2n) is 5.62. The molecule has 26 heavy (non-hydrogen) atoms. The van der Waals surface area contributed by atoms with Crippen molar-refractivity contribution in [2.75, 3.05) is 6.61 Å². The van der Waals surface area contributed by atoms with E-state index in [1.165, 1.54) is 12.1 Å². The Hall–Kier alpha value is -2.73. The van der Waals surface area contributed by atoms with Gasteiger partial charge in [0.2, 0.25) is 5.78 Å². The standard InChI is InChI=1S/C19H18ClNO5/c1-3-12-5-6-13(4-2)15(9-12)18(22)11-26-19(23)14-7-8-16(20)17(10-14)21(24)25/h5-10H,3-4,11H2,1-2H3. The molecule has 2 aromatic carbocycles. The van der Waals surface area contributed by atoms with Crippen LogP contribution in [0.5, 0.6) is 0 Å². The minimum atomic E-state index is -0.817. The highest BCUT2D eigenvalue weighted by Crippen LogP contribution is 2.25. The van der Waals surface area contributed by atoms with Crippen molar-refractivity contribution in [3.63, 3.8) is 0 Å². The fraction of sp³-hybridized carbons (Fsp3) is 0.263. The number of carbonyl (C=O) groups excluding carboxylic acids is 2. The molecule has 0 unspecified atom stereocenters. The summed E-state index contributed by atoms with van der Waals surface area (Å²) in [6, 6.07) is 9.27. The maximum atomic E-state index is 12.5. The van der Waals surface area contributed by atoms with Crippen LogP contribution in [0.25, 0.3) is 0 Å². The predicted molar refractivity (Wildman–Crippen MR) is 97.9 cm³/mol. The van der Waals surface area contributed by atoms with Crippen molar-refractivity contribution in [2.45, 2.75) is 26.7 Å². The molecule has 0 N–H and O–H groups in total. The predicted octanol–water partition coefficient (Wildman–Crippen LogP) is 4.41. The molecule has 0 aliphatic heterocycles. The van der Waals surface area contributed by atoms with E-state index in [1.807, 2.05) is 32.0 Å². The lowest BCUT2D eigenvalue weighted by atomic mass is 9.98. The van der Waals surface area contributed by atoms with Crippen LogP contribution in [0, 0.1) is 10.1 Å². The van der Waals surface area contributed by atoms with Crippen molar-refractivity contribution in [3.05, 3.63) is 73.8 Å². The van der Waals surface area contributed by atoms with Crippen LogP contribution < -0.4 is 0 Å². The van der Waals surface area contributed by atoms with E-state index in [2.05, 4.69) is 0 Å². The Morgan fingerprint density at radius 1 is 1.12 bits per heavy atom. The molecule has 0 amide bonds. The number of hydrogen-bond acceptors (Lipinski definition) is 5. The van der Waals surface area contributed by atoms with Gasteiger partial charge in [-0.1, -0.05) is 37.6 Å². The summed E-state index contributed by atoms with van der Waals surface area (Å²) in [7, 11) is 0. The van der Waals surface area contributed by atoms with Crippen LogP contribution in [0.2, 0.25) is 5.02 Å². The van der Waals surface area contributed by atoms with Crippen molar-refractivity contribution in [3.8, 4) is 0 Å². The Kier molecular flexibility index (Phi) is 6.46. The van der Waals surface area contributed by atoms with Gasteiger partial charge in [-0.05, 0) is 42.2 Å². The lowest BCUT2D eigenvalue weighted by Gasteiger charge is -2.10. The molecule has 0 heterocycles. The molecular weight excluding hydrogens is 358 g/mol. The quantitative estimate of drug-likeness (QED) is 0.309. The number of nitrogens with zero attached hydrogens (tertiary/aromatic N) is 1. The minimum absolute atomic E-state index is 0.0353. The topological polar surface area (TPSA) is 86.5 Å². The van der Waals surface area contributed by atoms with E-state index in [0.29, 0.717) is 12.0 Å². The molecule has 2 rings (SSSR count). The van der Waals surface area contributed by atoms with E-state index in [1.54, 1.807) is 0 Å². The third kappa shape index (κ3) is 4.46. The number of carbonyl (C=O) groups is 2. The average molecular weight is 376 g/mol. The van der Waals surface area contributed by atoms with Crippen molar-refractivity contribution in [1.29, 1.82) is 0 Å². The van der Waals surface area contributed by atoms with E-state index >= 15 is 0 Å². The molecule has 0 atom stereocenters. The molecule has 0 spiro atoms. The Morgan fingerprint density at radius 3 is 2.46 bits per heavy atom. The molecular formula is C19H18ClNO5. The van der Waals surface area contributed by atoms with E-state index in [-0.39, 0.29) is 16.4 Å². The summed E-state index contributed by atoms with van der Waals surface area (Å²) in [5.41, 5.74) is 2.00. The van der Waals surface area contributed by atoms with Gasteiger partial charge in [-0.2, -0.15) is 0 Å². The molecule has 0 bridgehead atoms. The molecule has 0 saturated heterocycles. The number of halogens is 1. The van der Waals surface area contributed by atoms with Crippen LogP contribution in [-0.4, -0.2) is 23.3 Å². The SMILES string of the molecule is CCc1ccc(CC)c(C(=O)COC(=O)c2ccc(Cl)c([N+](=O)[O-])c2)c1. The second-order valence-corrected chi connectivity index (χ2v) is 6.03. The third-order valence-corrected chi connectivity index (χ3v) is 4.30. The number of nitro benzene ring substituents is 1. The number of Topliss-reactive ketones (excluding diaryl/α,β-unsaturated/α-hetero) is 1. The highest BCUT2D eigenvalue weighted by atomic mass is 35.5. The van der Waals surface area contributed by atoms with E-state index in [0.717, 1.165) is 23.6 Å². The first kappa shape index (κ1) is 19.6. The molecule has 2 aromatic rings. The zero-order valence-electron chi connectivity index (χ0n) is 14.5. The largest absolute Gasteiger partial charge is 0.454 e. The zero-order valence-corrected chi connectivity index (χ0v) is 15.2. The van der Waals surface area contributed by atoms with E-state index in [4.69, 9.17) is 16.3 Å². The molecule has 0 saturated carbocycles. The molecule has 7 heteroatoms.